The Kier molecular flexibility index (Phi) is 8.22. The number of methoxy groups -OCH3 is 2. The molecule has 0 aliphatic rings. The summed E-state index contributed by atoms with van der Waals surface area (Å²) in [5.74, 6) is -0.132. The van der Waals surface area contributed by atoms with Crippen LogP contribution in [0.2, 0.25) is 0 Å². The molecule has 2 aromatic carbocycles. The number of esters is 1. The number of ketones is 1. The summed E-state index contributed by atoms with van der Waals surface area (Å²) in [6.45, 7) is 1.56. The van der Waals surface area contributed by atoms with E-state index in [0.29, 0.717) is 22.6 Å². The predicted octanol–water partition coefficient (Wildman–Crippen LogP) is 3.26. The number of amides is 1. The molecule has 2 aromatic rings. The van der Waals surface area contributed by atoms with E-state index < -0.39 is 23.9 Å². The van der Waals surface area contributed by atoms with E-state index in [9.17, 15) is 14.4 Å². The monoisotopic (exact) mass is 415 g/mol. The zero-order chi connectivity index (χ0) is 22.1. The fourth-order valence-corrected chi connectivity index (χ4v) is 2.66. The first-order chi connectivity index (χ1) is 14.4. The van der Waals surface area contributed by atoms with Gasteiger partial charge in [0.15, 0.2) is 6.10 Å². The minimum absolute atomic E-state index is 0.195. The third-order valence-corrected chi connectivity index (χ3v) is 4.17. The lowest BCUT2D eigenvalue weighted by atomic mass is 9.99. The molecule has 0 aliphatic heterocycles. The smallest absolute Gasteiger partial charge is 0.411 e. The highest BCUT2D eigenvalue weighted by Gasteiger charge is 2.29. The van der Waals surface area contributed by atoms with E-state index in [-0.39, 0.29) is 13.2 Å². The first kappa shape index (κ1) is 22.7. The van der Waals surface area contributed by atoms with Gasteiger partial charge >= 0.3 is 12.1 Å². The van der Waals surface area contributed by atoms with Crippen LogP contribution in [0.1, 0.15) is 28.9 Å². The molecular weight excluding hydrogens is 390 g/mol. The number of ether oxygens (including phenoxy) is 4. The van der Waals surface area contributed by atoms with E-state index in [0.717, 1.165) is 4.90 Å². The first-order valence-corrected chi connectivity index (χ1v) is 9.29. The maximum absolute atomic E-state index is 13.2. The van der Waals surface area contributed by atoms with Crippen molar-refractivity contribution in [1.29, 1.82) is 0 Å². The quantitative estimate of drug-likeness (QED) is 0.458. The van der Waals surface area contributed by atoms with Crippen LogP contribution < -0.4 is 9.47 Å². The van der Waals surface area contributed by atoms with Crippen molar-refractivity contribution in [3.63, 3.8) is 0 Å². The van der Waals surface area contributed by atoms with Crippen molar-refractivity contribution in [2.75, 3.05) is 34.4 Å². The molecule has 8 heteroatoms. The van der Waals surface area contributed by atoms with Crippen molar-refractivity contribution in [2.24, 2.45) is 0 Å². The SMILES string of the molecule is CCOC(=O)CN(C)C(=O)OC(C(=O)c1ccccc1)c1cc(OC)cc(OC)c1. The average molecular weight is 415 g/mol. The van der Waals surface area contributed by atoms with Gasteiger partial charge in [-0.15, -0.1) is 0 Å². The summed E-state index contributed by atoms with van der Waals surface area (Å²) in [6, 6.07) is 13.3. The number of likely N-dealkylation sites (N-methyl/N-ethyl adjacent to an activating group) is 1. The normalized spacial score (nSPS) is 11.2. The summed E-state index contributed by atoms with van der Waals surface area (Å²) in [4.78, 5) is 38.5. The van der Waals surface area contributed by atoms with Crippen molar-refractivity contribution in [2.45, 2.75) is 13.0 Å². The van der Waals surface area contributed by atoms with E-state index in [1.54, 1.807) is 55.5 Å². The molecule has 2 rings (SSSR count). The summed E-state index contributed by atoms with van der Waals surface area (Å²) < 4.78 is 20.9. The van der Waals surface area contributed by atoms with E-state index in [1.807, 2.05) is 0 Å². The van der Waals surface area contributed by atoms with Crippen LogP contribution >= 0.6 is 0 Å². The second-order valence-corrected chi connectivity index (χ2v) is 6.30. The van der Waals surface area contributed by atoms with Crippen LogP contribution in [0.4, 0.5) is 4.79 Å². The minimum Gasteiger partial charge on any atom is -0.497 e. The Balaban J connectivity index is 2.36. The van der Waals surface area contributed by atoms with Gasteiger partial charge in [0.2, 0.25) is 5.78 Å². The van der Waals surface area contributed by atoms with Crippen LogP contribution in [0.15, 0.2) is 48.5 Å². The summed E-state index contributed by atoms with van der Waals surface area (Å²) >= 11 is 0. The molecule has 1 unspecified atom stereocenters. The molecule has 0 radical (unpaired) electrons. The van der Waals surface area contributed by atoms with Crippen molar-refractivity contribution in [3.05, 3.63) is 59.7 Å². The molecule has 0 saturated heterocycles. The molecule has 0 bridgehead atoms. The lowest BCUT2D eigenvalue weighted by Gasteiger charge is -2.22. The Morgan fingerprint density at radius 3 is 2.10 bits per heavy atom. The standard InChI is InChI=1S/C22H25NO7/c1-5-29-19(24)14-23(2)22(26)30-21(20(25)15-9-7-6-8-10-15)16-11-17(27-3)13-18(12-16)28-4/h6-13,21H,5,14H2,1-4H3. The van der Waals surface area contributed by atoms with Gasteiger partial charge in [0, 0.05) is 24.2 Å². The van der Waals surface area contributed by atoms with Gasteiger partial charge in [-0.2, -0.15) is 0 Å². The van der Waals surface area contributed by atoms with Gasteiger partial charge in [-0.1, -0.05) is 30.3 Å². The van der Waals surface area contributed by atoms with Crippen LogP contribution in [-0.2, 0) is 14.3 Å². The van der Waals surface area contributed by atoms with Crippen LogP contribution in [0.5, 0.6) is 11.5 Å². The maximum Gasteiger partial charge on any atom is 0.411 e. The topological polar surface area (TPSA) is 91.4 Å². The van der Waals surface area contributed by atoms with Gasteiger partial charge < -0.3 is 23.8 Å². The summed E-state index contributed by atoms with van der Waals surface area (Å²) in [5.41, 5.74) is 0.739. The lowest BCUT2D eigenvalue weighted by molar-refractivity contribution is -0.143. The molecule has 160 valence electrons. The molecule has 0 N–H and O–H groups in total. The van der Waals surface area contributed by atoms with Crippen LogP contribution in [0.3, 0.4) is 0 Å². The number of hydrogen-bond donors (Lipinski definition) is 0. The van der Waals surface area contributed by atoms with E-state index >= 15 is 0 Å². The lowest BCUT2D eigenvalue weighted by Crippen LogP contribution is -2.35. The Bertz CT molecular complexity index is 860. The zero-order valence-electron chi connectivity index (χ0n) is 17.4. The highest BCUT2D eigenvalue weighted by atomic mass is 16.6. The van der Waals surface area contributed by atoms with Crippen LogP contribution in [0, 0.1) is 0 Å². The van der Waals surface area contributed by atoms with Gasteiger partial charge in [0.05, 0.1) is 20.8 Å². The fraction of sp³-hybridized carbons (Fsp3) is 0.318. The van der Waals surface area contributed by atoms with Crippen molar-refractivity contribution >= 4 is 17.8 Å². The van der Waals surface area contributed by atoms with E-state index in [2.05, 4.69) is 0 Å². The molecule has 0 heterocycles. The molecule has 0 aliphatic carbocycles. The van der Waals surface area contributed by atoms with Gasteiger partial charge in [-0.05, 0) is 19.1 Å². The van der Waals surface area contributed by atoms with Crippen molar-refractivity contribution in [3.8, 4) is 11.5 Å². The Morgan fingerprint density at radius 1 is 0.967 bits per heavy atom. The molecule has 0 fully saturated rings. The van der Waals surface area contributed by atoms with Gasteiger partial charge in [0.25, 0.3) is 0 Å². The summed E-state index contributed by atoms with van der Waals surface area (Å²) in [6.07, 6.45) is -2.12. The number of Topliss-reactive ketones (excluding diaryl/α,β-unsaturated/α-hetero) is 1. The van der Waals surface area contributed by atoms with Crippen molar-refractivity contribution < 1.29 is 33.3 Å². The number of hydrogen-bond acceptors (Lipinski definition) is 7. The molecule has 0 saturated carbocycles. The van der Waals surface area contributed by atoms with E-state index in [4.69, 9.17) is 18.9 Å². The fourth-order valence-electron chi connectivity index (χ4n) is 2.66. The summed E-state index contributed by atoms with van der Waals surface area (Å²) in [7, 11) is 4.34. The molecule has 8 nitrogen and oxygen atoms in total. The third kappa shape index (κ3) is 5.97. The third-order valence-electron chi connectivity index (χ3n) is 4.17. The van der Waals surface area contributed by atoms with Gasteiger partial charge in [0.1, 0.15) is 18.0 Å². The minimum atomic E-state index is -1.27. The highest BCUT2D eigenvalue weighted by Crippen LogP contribution is 2.31. The number of rotatable bonds is 9. The molecule has 0 spiro atoms. The summed E-state index contributed by atoms with van der Waals surface area (Å²) in [5, 5.41) is 0. The predicted molar refractivity (Wildman–Crippen MR) is 109 cm³/mol. The highest BCUT2D eigenvalue weighted by molar-refractivity contribution is 6.01. The van der Waals surface area contributed by atoms with Crippen LogP contribution in [0.25, 0.3) is 0 Å². The zero-order valence-corrected chi connectivity index (χ0v) is 17.4. The number of benzene rings is 2. The maximum atomic E-state index is 13.2. The Labute approximate surface area is 175 Å². The number of carbonyl (C=O) groups is 3. The largest absolute Gasteiger partial charge is 0.497 e. The van der Waals surface area contributed by atoms with Crippen molar-refractivity contribution in [1.82, 2.24) is 4.90 Å². The molecule has 1 atom stereocenters. The molecule has 0 aromatic heterocycles. The van der Waals surface area contributed by atoms with Gasteiger partial charge in [-0.3, -0.25) is 9.59 Å². The Morgan fingerprint density at radius 2 is 1.57 bits per heavy atom. The molecular formula is C22H25NO7. The number of nitrogens with zero attached hydrogens (tertiary/aromatic N) is 1. The second kappa shape index (κ2) is 10.8. The van der Waals surface area contributed by atoms with Crippen LogP contribution in [-0.4, -0.2) is 57.2 Å². The Hall–Kier alpha value is -3.55. The average Bonchev–Trinajstić information content (AvgIpc) is 2.77. The molecule has 30 heavy (non-hydrogen) atoms. The van der Waals surface area contributed by atoms with E-state index in [1.165, 1.54) is 21.3 Å². The molecule has 1 amide bonds. The second-order valence-electron chi connectivity index (χ2n) is 6.30. The van der Waals surface area contributed by atoms with Gasteiger partial charge in [-0.25, -0.2) is 4.79 Å². The number of carbonyl (C=O) groups excluding carboxylic acids is 3. The first-order valence-electron chi connectivity index (χ1n) is 9.29.